The molecule has 0 radical (unpaired) electrons. The quantitative estimate of drug-likeness (QED) is 0.673. The van der Waals surface area contributed by atoms with E-state index in [9.17, 15) is 13.6 Å². The highest BCUT2D eigenvalue weighted by Gasteiger charge is 2.20. The van der Waals surface area contributed by atoms with Crippen molar-refractivity contribution in [2.75, 3.05) is 7.11 Å². The normalized spacial score (nSPS) is 10.6. The molecule has 0 unspecified atom stereocenters. The molecule has 2 N–H and O–H groups in total. The fraction of sp³-hybridized carbons (Fsp3) is 0.333. The molecular weight excluding hydrogens is 333 g/mol. The number of hydrogen-bond donors (Lipinski definition) is 1. The number of alkyl halides is 2. The van der Waals surface area contributed by atoms with Crippen LogP contribution in [0.15, 0.2) is 6.07 Å². The van der Waals surface area contributed by atoms with Gasteiger partial charge in [-0.1, -0.05) is 0 Å². The molecule has 0 amide bonds. The maximum absolute atomic E-state index is 12.6. The first-order valence-corrected chi connectivity index (χ1v) is 5.35. The van der Waals surface area contributed by atoms with Gasteiger partial charge in [0.25, 0.3) is 6.43 Å². The van der Waals surface area contributed by atoms with Crippen molar-refractivity contribution in [3.63, 3.8) is 0 Å². The number of ether oxygens (including phenoxy) is 1. The van der Waals surface area contributed by atoms with Crippen molar-refractivity contribution < 1.29 is 18.3 Å². The van der Waals surface area contributed by atoms with Gasteiger partial charge in [0.05, 0.1) is 7.11 Å². The van der Waals surface area contributed by atoms with Crippen molar-refractivity contribution in [2.45, 2.75) is 13.0 Å². The van der Waals surface area contributed by atoms with Gasteiger partial charge in [0.1, 0.15) is 5.69 Å². The van der Waals surface area contributed by atoms with Gasteiger partial charge < -0.3 is 10.5 Å². The van der Waals surface area contributed by atoms with E-state index >= 15 is 0 Å². The maximum Gasteiger partial charge on any atom is 0.356 e. The zero-order valence-electron chi connectivity index (χ0n) is 8.34. The monoisotopic (exact) mass is 342 g/mol. The van der Waals surface area contributed by atoms with Gasteiger partial charge in [-0.25, -0.2) is 18.6 Å². The van der Waals surface area contributed by atoms with Crippen LogP contribution in [0.3, 0.4) is 0 Å². The lowest BCUT2D eigenvalue weighted by Gasteiger charge is -2.09. The lowest BCUT2D eigenvalue weighted by molar-refractivity contribution is 0.0590. The van der Waals surface area contributed by atoms with Gasteiger partial charge in [-0.05, 0) is 34.2 Å². The number of aromatic nitrogens is 1. The summed E-state index contributed by atoms with van der Waals surface area (Å²) in [4.78, 5) is 14.9. The third-order valence-corrected chi connectivity index (χ3v) is 2.75. The second-order valence-corrected chi connectivity index (χ2v) is 4.02. The molecule has 0 saturated carbocycles. The zero-order valence-corrected chi connectivity index (χ0v) is 10.5. The van der Waals surface area contributed by atoms with E-state index in [2.05, 4.69) is 9.72 Å². The summed E-state index contributed by atoms with van der Waals surface area (Å²) in [7, 11) is 1.16. The molecule has 0 spiro atoms. The molecule has 4 nitrogen and oxygen atoms in total. The molecule has 0 fully saturated rings. The lowest BCUT2D eigenvalue weighted by Crippen LogP contribution is -2.14. The molecule has 1 heterocycles. The van der Waals surface area contributed by atoms with Crippen LogP contribution in [0.4, 0.5) is 8.78 Å². The van der Waals surface area contributed by atoms with E-state index in [1.807, 2.05) is 0 Å². The third kappa shape index (κ3) is 2.64. The van der Waals surface area contributed by atoms with Crippen LogP contribution in [0.25, 0.3) is 0 Å². The van der Waals surface area contributed by atoms with Crippen molar-refractivity contribution in [1.29, 1.82) is 0 Å². The van der Waals surface area contributed by atoms with Crippen molar-refractivity contribution in [2.24, 2.45) is 5.73 Å². The SMILES string of the molecule is COC(=O)c1nc(C(F)F)c(I)cc1CN. The molecule has 1 aromatic rings. The highest BCUT2D eigenvalue weighted by Crippen LogP contribution is 2.24. The molecule has 7 heteroatoms. The van der Waals surface area contributed by atoms with Crippen LogP contribution < -0.4 is 5.73 Å². The number of hydrogen-bond acceptors (Lipinski definition) is 4. The van der Waals surface area contributed by atoms with E-state index in [0.717, 1.165) is 7.11 Å². The first-order chi connectivity index (χ1) is 7.51. The van der Waals surface area contributed by atoms with E-state index in [-0.39, 0.29) is 15.8 Å². The molecule has 1 aromatic heterocycles. The van der Waals surface area contributed by atoms with E-state index in [1.54, 1.807) is 22.6 Å². The number of nitrogens with two attached hydrogens (primary N) is 1. The standard InChI is InChI=1S/C9H9F2IN2O2/c1-16-9(15)6-4(3-13)2-5(12)7(14-6)8(10)11/h2,8H,3,13H2,1H3. The molecule has 0 atom stereocenters. The minimum atomic E-state index is -2.73. The van der Waals surface area contributed by atoms with E-state index in [0.29, 0.717) is 5.56 Å². The summed E-state index contributed by atoms with van der Waals surface area (Å²) in [6.45, 7) is 0.0386. The van der Waals surface area contributed by atoms with E-state index in [4.69, 9.17) is 5.73 Å². The molecule has 1 rings (SSSR count). The van der Waals surface area contributed by atoms with Crippen LogP contribution in [0.1, 0.15) is 28.2 Å². The summed E-state index contributed by atoms with van der Waals surface area (Å²) in [5, 5.41) is 0. The summed E-state index contributed by atoms with van der Waals surface area (Å²) >= 11 is 1.73. The van der Waals surface area contributed by atoms with Crippen LogP contribution >= 0.6 is 22.6 Å². The number of carbonyl (C=O) groups is 1. The van der Waals surface area contributed by atoms with Crippen molar-refractivity contribution >= 4 is 28.6 Å². The predicted octanol–water partition coefficient (Wildman–Crippen LogP) is 1.87. The van der Waals surface area contributed by atoms with Gasteiger partial charge in [-0.15, -0.1) is 0 Å². The Morgan fingerprint density at radius 1 is 1.69 bits per heavy atom. The molecule has 0 bridgehead atoms. The van der Waals surface area contributed by atoms with Crippen molar-refractivity contribution in [3.05, 3.63) is 26.6 Å². The number of esters is 1. The Morgan fingerprint density at radius 2 is 2.31 bits per heavy atom. The van der Waals surface area contributed by atoms with Gasteiger partial charge in [-0.2, -0.15) is 0 Å². The fourth-order valence-corrected chi connectivity index (χ4v) is 1.85. The number of rotatable bonds is 3. The van der Waals surface area contributed by atoms with Gasteiger partial charge in [0.15, 0.2) is 5.69 Å². The van der Waals surface area contributed by atoms with Gasteiger partial charge in [0, 0.05) is 10.1 Å². The molecule has 0 aliphatic rings. The highest BCUT2D eigenvalue weighted by atomic mass is 127. The molecule has 0 aliphatic heterocycles. The lowest BCUT2D eigenvalue weighted by atomic mass is 10.1. The van der Waals surface area contributed by atoms with Crippen molar-refractivity contribution in [3.8, 4) is 0 Å². The Balaban J connectivity index is 3.34. The van der Waals surface area contributed by atoms with Gasteiger partial charge >= 0.3 is 5.97 Å². The van der Waals surface area contributed by atoms with Gasteiger partial charge in [0.2, 0.25) is 0 Å². The first kappa shape index (κ1) is 13.2. The molecule has 0 saturated heterocycles. The van der Waals surface area contributed by atoms with Crippen LogP contribution in [0, 0.1) is 3.57 Å². The first-order valence-electron chi connectivity index (χ1n) is 4.27. The maximum atomic E-state index is 12.6. The molecule has 88 valence electrons. The average molecular weight is 342 g/mol. The minimum Gasteiger partial charge on any atom is -0.464 e. The van der Waals surface area contributed by atoms with Crippen LogP contribution in [-0.4, -0.2) is 18.1 Å². The Bertz CT molecular complexity index is 413. The second-order valence-electron chi connectivity index (χ2n) is 2.86. The summed E-state index contributed by atoms with van der Waals surface area (Å²) in [6.07, 6.45) is -2.73. The predicted molar refractivity (Wildman–Crippen MR) is 61.1 cm³/mol. The second kappa shape index (κ2) is 5.48. The molecule has 16 heavy (non-hydrogen) atoms. The Hall–Kier alpha value is -0.830. The smallest absolute Gasteiger partial charge is 0.356 e. The number of pyridine rings is 1. The van der Waals surface area contributed by atoms with E-state index < -0.39 is 18.1 Å². The van der Waals surface area contributed by atoms with E-state index in [1.165, 1.54) is 6.07 Å². The summed E-state index contributed by atoms with van der Waals surface area (Å²) < 4.78 is 29.8. The largest absolute Gasteiger partial charge is 0.464 e. The summed E-state index contributed by atoms with van der Waals surface area (Å²) in [6, 6.07) is 1.42. The molecular formula is C9H9F2IN2O2. The fourth-order valence-electron chi connectivity index (χ4n) is 1.12. The minimum absolute atomic E-state index is 0.0386. The third-order valence-electron chi connectivity index (χ3n) is 1.89. The average Bonchev–Trinajstić information content (AvgIpc) is 2.27. The van der Waals surface area contributed by atoms with Crippen molar-refractivity contribution in [1.82, 2.24) is 4.98 Å². The topological polar surface area (TPSA) is 65.2 Å². The number of nitrogens with zero attached hydrogens (tertiary/aromatic N) is 1. The number of methoxy groups -OCH3 is 1. The van der Waals surface area contributed by atoms with Crippen LogP contribution in [0.2, 0.25) is 0 Å². The summed E-state index contributed by atoms with van der Waals surface area (Å²) in [5.74, 6) is -0.765. The Kier molecular flexibility index (Phi) is 4.54. The Morgan fingerprint density at radius 3 is 2.75 bits per heavy atom. The molecule has 0 aliphatic carbocycles. The summed E-state index contributed by atoms with van der Waals surface area (Å²) in [5.41, 5.74) is 5.20. The Labute approximate surface area is 104 Å². The number of carbonyl (C=O) groups excluding carboxylic acids is 1. The highest BCUT2D eigenvalue weighted by molar-refractivity contribution is 14.1. The van der Waals surface area contributed by atoms with Crippen LogP contribution in [0.5, 0.6) is 0 Å². The molecule has 0 aromatic carbocycles. The van der Waals surface area contributed by atoms with Gasteiger partial charge in [-0.3, -0.25) is 0 Å². The zero-order chi connectivity index (χ0) is 12.3. The van der Waals surface area contributed by atoms with Crippen LogP contribution in [-0.2, 0) is 11.3 Å². The number of halogens is 3.